The molecule has 0 spiro atoms. The maximum absolute atomic E-state index is 12.2. The van der Waals surface area contributed by atoms with E-state index in [4.69, 9.17) is 9.05 Å². The van der Waals surface area contributed by atoms with Crippen molar-refractivity contribution >= 4 is 19.5 Å². The van der Waals surface area contributed by atoms with Gasteiger partial charge in [0.2, 0.25) is 5.78 Å². The summed E-state index contributed by atoms with van der Waals surface area (Å²) in [5.74, 6) is -3.13. The van der Waals surface area contributed by atoms with Gasteiger partial charge in [-0.2, -0.15) is 0 Å². The van der Waals surface area contributed by atoms with Crippen LogP contribution in [0.15, 0.2) is 18.2 Å². The van der Waals surface area contributed by atoms with Gasteiger partial charge in [-0.3, -0.25) is 9.36 Å². The smallest absolute Gasteiger partial charge is 0.363 e. The molecule has 0 heterocycles. The lowest BCUT2D eigenvalue weighted by Crippen LogP contribution is -2.41. The molecule has 1 atom stereocenters. The molecule has 0 radical (unpaired) electrons. The average molecular weight is 299 g/mol. The fourth-order valence-electron chi connectivity index (χ4n) is 1.36. The van der Waals surface area contributed by atoms with Gasteiger partial charge in [0.05, 0.1) is 7.11 Å². The molecule has 1 N–H and O–H groups in total. The standard InChI is InChI=1S/C12H14NO6P/c1-17-12(15)11(20(16,18-2)19-3)13-10(14)9-7-5-4-6-8-9/h5,7-8,11H,1-3H3,(H,13,14). The van der Waals surface area contributed by atoms with Gasteiger partial charge in [0.1, 0.15) is 0 Å². The second-order valence-corrected chi connectivity index (χ2v) is 5.85. The van der Waals surface area contributed by atoms with Crippen LogP contribution in [0.3, 0.4) is 0 Å². The summed E-state index contributed by atoms with van der Waals surface area (Å²) < 4.78 is 26.2. The summed E-state index contributed by atoms with van der Waals surface area (Å²) in [6.45, 7) is 0. The number of esters is 1. The third kappa shape index (κ3) is 3.58. The number of hydrogen-bond donors (Lipinski definition) is 1. The first kappa shape index (κ1) is 16.2. The zero-order valence-electron chi connectivity index (χ0n) is 11.2. The zero-order chi connectivity index (χ0) is 15.2. The number of methoxy groups -OCH3 is 1. The van der Waals surface area contributed by atoms with E-state index in [0.29, 0.717) is 0 Å². The van der Waals surface area contributed by atoms with Crippen LogP contribution in [0.5, 0.6) is 0 Å². The largest absolute Gasteiger partial charge is 0.467 e. The van der Waals surface area contributed by atoms with Gasteiger partial charge in [0.25, 0.3) is 5.91 Å². The van der Waals surface area contributed by atoms with Crippen LogP contribution in [0.4, 0.5) is 0 Å². The minimum absolute atomic E-state index is 0.219. The summed E-state index contributed by atoms with van der Waals surface area (Å²) in [6, 6.07) is 9.53. The van der Waals surface area contributed by atoms with Crippen molar-refractivity contribution in [3.8, 4) is 0 Å². The van der Waals surface area contributed by atoms with E-state index >= 15 is 0 Å². The third-order valence-electron chi connectivity index (χ3n) is 2.44. The van der Waals surface area contributed by atoms with Crippen molar-refractivity contribution in [1.82, 2.24) is 5.32 Å². The molecule has 0 aliphatic carbocycles. The van der Waals surface area contributed by atoms with Crippen molar-refractivity contribution in [3.63, 3.8) is 0 Å². The van der Waals surface area contributed by atoms with E-state index in [9.17, 15) is 14.2 Å². The monoisotopic (exact) mass is 299 g/mol. The Hall–Kier alpha value is -1.87. The molecular formula is C12H14NO6P. The molecule has 0 saturated carbocycles. The number of rotatable bonds is 6. The number of amides is 1. The SMILES string of the molecule is COC(=O)C(NC(=O)c1cc#ccc1)P(=O)(OC)OC. The highest BCUT2D eigenvalue weighted by molar-refractivity contribution is 7.55. The number of carbonyl (C=O) groups excluding carboxylic acids is 2. The Kier molecular flexibility index (Phi) is 5.71. The minimum atomic E-state index is -3.86. The Morgan fingerprint density at radius 2 is 1.90 bits per heavy atom. The summed E-state index contributed by atoms with van der Waals surface area (Å²) in [7, 11) is -0.546. The predicted octanol–water partition coefficient (Wildman–Crippen LogP) is 1.00. The van der Waals surface area contributed by atoms with E-state index in [-0.39, 0.29) is 5.56 Å². The van der Waals surface area contributed by atoms with Crippen LogP contribution >= 0.6 is 7.60 Å². The molecule has 7 nitrogen and oxygen atoms in total. The molecule has 0 aliphatic rings. The van der Waals surface area contributed by atoms with E-state index in [2.05, 4.69) is 22.2 Å². The third-order valence-corrected chi connectivity index (χ3v) is 4.43. The fraction of sp³-hybridized carbons (Fsp3) is 0.333. The van der Waals surface area contributed by atoms with E-state index in [1.807, 2.05) is 0 Å². The molecule has 1 unspecified atom stereocenters. The Balaban J connectivity index is 3.00. The molecule has 0 bridgehead atoms. The van der Waals surface area contributed by atoms with Gasteiger partial charge in [-0.25, -0.2) is 4.79 Å². The topological polar surface area (TPSA) is 90.9 Å². The molecule has 1 aromatic rings. The number of carbonyl (C=O) groups is 2. The molecule has 0 aliphatic heterocycles. The highest BCUT2D eigenvalue weighted by Crippen LogP contribution is 2.50. The van der Waals surface area contributed by atoms with Crippen LogP contribution in [-0.4, -0.2) is 39.0 Å². The van der Waals surface area contributed by atoms with Crippen molar-refractivity contribution in [1.29, 1.82) is 0 Å². The highest BCUT2D eigenvalue weighted by atomic mass is 31.2. The first-order valence-corrected chi connectivity index (χ1v) is 7.07. The summed E-state index contributed by atoms with van der Waals surface area (Å²) in [6.07, 6.45) is 0. The van der Waals surface area contributed by atoms with Crippen LogP contribution in [0.1, 0.15) is 10.4 Å². The lowest BCUT2D eigenvalue weighted by molar-refractivity contribution is -0.141. The highest BCUT2D eigenvalue weighted by Gasteiger charge is 2.42. The molecule has 0 aromatic heterocycles. The van der Waals surface area contributed by atoms with Crippen molar-refractivity contribution in [3.05, 3.63) is 35.9 Å². The molecule has 0 saturated heterocycles. The lowest BCUT2D eigenvalue weighted by Gasteiger charge is -2.22. The summed E-state index contributed by atoms with van der Waals surface area (Å²) >= 11 is 0. The van der Waals surface area contributed by atoms with Crippen molar-refractivity contribution in [2.75, 3.05) is 21.3 Å². The van der Waals surface area contributed by atoms with Gasteiger partial charge in [-0.05, 0) is 12.1 Å². The molecular weight excluding hydrogens is 285 g/mol. The summed E-state index contributed by atoms with van der Waals surface area (Å²) in [4.78, 5) is 23.6. The maximum atomic E-state index is 12.2. The molecule has 20 heavy (non-hydrogen) atoms. The van der Waals surface area contributed by atoms with Gasteiger partial charge in [0.15, 0.2) is 0 Å². The number of ether oxygens (including phenoxy) is 1. The van der Waals surface area contributed by atoms with E-state index in [1.165, 1.54) is 18.2 Å². The van der Waals surface area contributed by atoms with E-state index in [0.717, 1.165) is 21.3 Å². The van der Waals surface area contributed by atoms with E-state index in [1.54, 1.807) is 0 Å². The van der Waals surface area contributed by atoms with Crippen molar-refractivity contribution in [2.24, 2.45) is 0 Å². The fourth-order valence-corrected chi connectivity index (χ4v) is 2.57. The Bertz CT molecular complexity index is 510. The first-order chi connectivity index (χ1) is 9.48. The summed E-state index contributed by atoms with van der Waals surface area (Å²) in [5, 5.41) is 2.27. The van der Waals surface area contributed by atoms with Crippen LogP contribution in [0, 0.1) is 12.1 Å². The molecule has 1 rings (SSSR count). The van der Waals surface area contributed by atoms with Gasteiger partial charge in [0, 0.05) is 25.8 Å². The maximum Gasteiger partial charge on any atom is 0.363 e. The van der Waals surface area contributed by atoms with Gasteiger partial charge >= 0.3 is 13.6 Å². The molecule has 108 valence electrons. The number of nitrogens with one attached hydrogen (secondary N) is 1. The predicted molar refractivity (Wildman–Crippen MR) is 69.0 cm³/mol. The van der Waals surface area contributed by atoms with Gasteiger partial charge in [-0.15, -0.1) is 0 Å². The molecule has 8 heteroatoms. The van der Waals surface area contributed by atoms with Crippen molar-refractivity contribution < 1.29 is 27.9 Å². The molecule has 1 aromatic carbocycles. The molecule has 0 fully saturated rings. The first-order valence-electron chi connectivity index (χ1n) is 5.46. The lowest BCUT2D eigenvalue weighted by atomic mass is 10.2. The molecule has 1 amide bonds. The Labute approximate surface area is 116 Å². The summed E-state index contributed by atoms with van der Waals surface area (Å²) in [5.41, 5.74) is 0.219. The minimum Gasteiger partial charge on any atom is -0.467 e. The van der Waals surface area contributed by atoms with Gasteiger partial charge in [-0.1, -0.05) is 12.1 Å². The van der Waals surface area contributed by atoms with Crippen molar-refractivity contribution in [2.45, 2.75) is 5.78 Å². The normalized spacial score (nSPS) is 12.2. The number of hydrogen-bond acceptors (Lipinski definition) is 6. The van der Waals surface area contributed by atoms with Crippen LogP contribution in [-0.2, 0) is 23.1 Å². The quantitative estimate of drug-likeness (QED) is 0.622. The second-order valence-electron chi connectivity index (χ2n) is 3.53. The van der Waals surface area contributed by atoms with Crippen LogP contribution in [0.25, 0.3) is 0 Å². The van der Waals surface area contributed by atoms with E-state index < -0.39 is 25.3 Å². The average Bonchev–Trinajstić information content (AvgIpc) is 2.51. The van der Waals surface area contributed by atoms with Gasteiger partial charge < -0.3 is 19.1 Å². The van der Waals surface area contributed by atoms with Crippen LogP contribution < -0.4 is 5.32 Å². The second kappa shape index (κ2) is 7.06. The van der Waals surface area contributed by atoms with Crippen LogP contribution in [0.2, 0.25) is 0 Å². The zero-order valence-corrected chi connectivity index (χ0v) is 12.1. The Morgan fingerprint density at radius 3 is 2.35 bits per heavy atom. The Morgan fingerprint density at radius 1 is 1.25 bits per heavy atom.